The Morgan fingerprint density at radius 1 is 1.15 bits per heavy atom. The number of nitrogens with two attached hydrogens (primary N) is 1. The van der Waals surface area contributed by atoms with Crippen LogP contribution in [0, 0.1) is 0 Å². The lowest BCUT2D eigenvalue weighted by Crippen LogP contribution is -2.20. The highest BCUT2D eigenvalue weighted by atomic mass is 79.9. The van der Waals surface area contributed by atoms with E-state index in [0.717, 1.165) is 10.1 Å². The molecule has 10 nitrogen and oxygen atoms in total. The van der Waals surface area contributed by atoms with Crippen molar-refractivity contribution in [1.29, 1.82) is 0 Å². The number of furan rings is 1. The zero-order valence-electron chi connectivity index (χ0n) is 21.3. The van der Waals surface area contributed by atoms with Gasteiger partial charge in [-0.15, -0.1) is 0 Å². The van der Waals surface area contributed by atoms with Crippen LogP contribution in [0.15, 0.2) is 73.4 Å². The van der Waals surface area contributed by atoms with Gasteiger partial charge in [-0.2, -0.15) is 9.78 Å². The molecule has 2 aromatic heterocycles. The van der Waals surface area contributed by atoms with E-state index in [0.29, 0.717) is 44.6 Å². The number of primary amides is 1. The van der Waals surface area contributed by atoms with E-state index in [2.05, 4.69) is 21.0 Å². The number of carbonyl (C=O) groups is 1. The number of ether oxygens (including phenoxy) is 3. The van der Waals surface area contributed by atoms with Gasteiger partial charge in [-0.3, -0.25) is 9.59 Å². The molecule has 204 valence electrons. The van der Waals surface area contributed by atoms with Gasteiger partial charge in [-0.05, 0) is 59.3 Å². The number of carbonyl (C=O) groups excluding carboxylic acids is 1. The van der Waals surface area contributed by atoms with Crippen molar-refractivity contribution in [3.63, 3.8) is 0 Å². The minimum Gasteiger partial charge on any atom is -0.496 e. The average Bonchev–Trinajstić information content (AvgIpc) is 3.39. The van der Waals surface area contributed by atoms with Gasteiger partial charge >= 0.3 is 0 Å². The zero-order valence-corrected chi connectivity index (χ0v) is 23.7. The highest BCUT2D eigenvalue weighted by Crippen LogP contribution is 2.42. The number of halogens is 2. The summed E-state index contributed by atoms with van der Waals surface area (Å²) in [7, 11) is 1.57. The molecule has 40 heavy (non-hydrogen) atoms. The quantitative estimate of drug-likeness (QED) is 0.218. The highest BCUT2D eigenvalue weighted by Gasteiger charge is 2.20. The molecule has 1 amide bonds. The summed E-state index contributed by atoms with van der Waals surface area (Å²) in [5.41, 5.74) is 6.33. The Labute approximate surface area is 241 Å². The maximum Gasteiger partial charge on any atom is 0.282 e. The molecule has 0 saturated carbocycles. The summed E-state index contributed by atoms with van der Waals surface area (Å²) in [6.07, 6.45) is 1.43. The molecule has 2 N–H and O–H groups in total. The SMILES string of the molecule is CCOc1cc(C=Nn2c(-c3cc4c(OC)cccc4o3)nc3ccccc3c2=O)c(Br)c(Cl)c1OCC(N)=O. The van der Waals surface area contributed by atoms with E-state index in [1.54, 1.807) is 56.5 Å². The molecule has 2 heterocycles. The molecular weight excluding hydrogens is 604 g/mol. The fourth-order valence-corrected chi connectivity index (χ4v) is 4.73. The number of hydrogen-bond acceptors (Lipinski definition) is 8. The third kappa shape index (κ3) is 5.13. The Bertz CT molecular complexity index is 1850. The number of hydrogen-bond donors (Lipinski definition) is 1. The number of benzene rings is 3. The lowest BCUT2D eigenvalue weighted by molar-refractivity contribution is -0.119. The molecular formula is C28H22BrClN4O6. The first-order valence-electron chi connectivity index (χ1n) is 12.0. The molecule has 0 unspecified atom stereocenters. The number of para-hydroxylation sites is 1. The number of nitrogens with zero attached hydrogens (tertiary/aromatic N) is 3. The summed E-state index contributed by atoms with van der Waals surface area (Å²) in [6.45, 7) is 1.70. The topological polar surface area (TPSA) is 131 Å². The van der Waals surface area contributed by atoms with Crippen molar-refractivity contribution < 1.29 is 23.4 Å². The Balaban J connectivity index is 1.68. The van der Waals surface area contributed by atoms with Gasteiger partial charge in [0.1, 0.15) is 16.4 Å². The molecule has 5 aromatic rings. The molecule has 5 rings (SSSR count). The van der Waals surface area contributed by atoms with Crippen LogP contribution in [0.5, 0.6) is 17.2 Å². The summed E-state index contributed by atoms with van der Waals surface area (Å²) in [5, 5.41) is 5.73. The monoisotopic (exact) mass is 624 g/mol. The molecule has 0 aliphatic rings. The Morgan fingerprint density at radius 3 is 2.70 bits per heavy atom. The van der Waals surface area contributed by atoms with E-state index in [1.165, 1.54) is 6.21 Å². The maximum absolute atomic E-state index is 13.6. The van der Waals surface area contributed by atoms with Gasteiger partial charge < -0.3 is 24.4 Å². The summed E-state index contributed by atoms with van der Waals surface area (Å²) in [6, 6.07) is 15.7. The molecule has 0 atom stereocenters. The molecule has 0 spiro atoms. The van der Waals surface area contributed by atoms with Crippen LogP contribution in [0.2, 0.25) is 5.02 Å². The highest BCUT2D eigenvalue weighted by molar-refractivity contribution is 9.10. The van der Waals surface area contributed by atoms with Gasteiger partial charge in [-0.25, -0.2) is 4.98 Å². The van der Waals surface area contributed by atoms with Gasteiger partial charge in [0.15, 0.2) is 23.9 Å². The summed E-state index contributed by atoms with van der Waals surface area (Å²) < 4.78 is 24.2. The third-order valence-electron chi connectivity index (χ3n) is 5.84. The van der Waals surface area contributed by atoms with E-state index < -0.39 is 11.5 Å². The molecule has 0 fully saturated rings. The lowest BCUT2D eigenvalue weighted by Gasteiger charge is -2.15. The minimum absolute atomic E-state index is 0.141. The largest absolute Gasteiger partial charge is 0.496 e. The molecule has 0 aliphatic heterocycles. The predicted octanol–water partition coefficient (Wildman–Crippen LogP) is 5.38. The second kappa shape index (κ2) is 11.4. The van der Waals surface area contributed by atoms with Crippen molar-refractivity contribution in [2.45, 2.75) is 6.92 Å². The number of fused-ring (bicyclic) bond motifs is 2. The normalized spacial score (nSPS) is 11.4. The van der Waals surface area contributed by atoms with Crippen LogP contribution >= 0.6 is 27.5 Å². The Morgan fingerprint density at radius 2 is 1.95 bits per heavy atom. The number of aromatic nitrogens is 2. The first-order chi connectivity index (χ1) is 19.3. The lowest BCUT2D eigenvalue weighted by atomic mass is 10.2. The van der Waals surface area contributed by atoms with Gasteiger partial charge in [-0.1, -0.05) is 29.8 Å². The number of amides is 1. The number of methoxy groups -OCH3 is 1. The van der Waals surface area contributed by atoms with E-state index in [-0.39, 0.29) is 29.0 Å². The molecule has 0 saturated heterocycles. The smallest absolute Gasteiger partial charge is 0.282 e. The van der Waals surface area contributed by atoms with E-state index in [9.17, 15) is 9.59 Å². The van der Waals surface area contributed by atoms with E-state index in [1.807, 2.05) is 12.1 Å². The van der Waals surface area contributed by atoms with Gasteiger partial charge in [0.25, 0.3) is 11.5 Å². The maximum atomic E-state index is 13.6. The van der Waals surface area contributed by atoms with Crippen LogP contribution in [0.25, 0.3) is 33.5 Å². The second-order valence-electron chi connectivity index (χ2n) is 8.41. The first kappa shape index (κ1) is 27.2. The van der Waals surface area contributed by atoms with Gasteiger partial charge in [0, 0.05) is 10.0 Å². The fourth-order valence-electron chi connectivity index (χ4n) is 4.07. The van der Waals surface area contributed by atoms with E-state index in [4.69, 9.17) is 40.9 Å². The van der Waals surface area contributed by atoms with Gasteiger partial charge in [0.05, 0.1) is 36.2 Å². The van der Waals surface area contributed by atoms with Crippen LogP contribution in [-0.2, 0) is 4.79 Å². The fraction of sp³-hybridized carbons (Fsp3) is 0.143. The Kier molecular flexibility index (Phi) is 7.76. The summed E-state index contributed by atoms with van der Waals surface area (Å²) in [4.78, 5) is 29.6. The molecule has 0 bridgehead atoms. The van der Waals surface area contributed by atoms with Crippen LogP contribution in [-0.4, -0.2) is 42.1 Å². The Hall–Kier alpha value is -4.35. The van der Waals surface area contributed by atoms with Crippen LogP contribution in [0.3, 0.4) is 0 Å². The van der Waals surface area contributed by atoms with Crippen molar-refractivity contribution in [1.82, 2.24) is 9.66 Å². The van der Waals surface area contributed by atoms with E-state index >= 15 is 0 Å². The second-order valence-corrected chi connectivity index (χ2v) is 9.58. The zero-order chi connectivity index (χ0) is 28.4. The molecule has 0 radical (unpaired) electrons. The van der Waals surface area contributed by atoms with Gasteiger partial charge in [0.2, 0.25) is 5.82 Å². The average molecular weight is 626 g/mol. The summed E-state index contributed by atoms with van der Waals surface area (Å²) >= 11 is 9.99. The number of rotatable bonds is 9. The molecule has 3 aromatic carbocycles. The van der Waals surface area contributed by atoms with Crippen molar-refractivity contribution in [3.05, 3.63) is 80.0 Å². The van der Waals surface area contributed by atoms with Crippen LogP contribution in [0.1, 0.15) is 12.5 Å². The van der Waals surface area contributed by atoms with Crippen molar-refractivity contribution in [3.8, 4) is 28.8 Å². The van der Waals surface area contributed by atoms with Crippen LogP contribution < -0.4 is 25.5 Å². The summed E-state index contributed by atoms with van der Waals surface area (Å²) in [5.74, 6) is 0.874. The molecule has 0 aliphatic carbocycles. The third-order valence-corrected chi connectivity index (χ3v) is 7.29. The predicted molar refractivity (Wildman–Crippen MR) is 156 cm³/mol. The standard InChI is InChI=1S/C28H22BrClN4O6/c1-3-38-21-11-15(24(29)25(30)26(21)39-14-23(31)35)13-32-34-27(33-18-8-5-4-7-16(18)28(34)36)22-12-17-19(37-2)9-6-10-20(17)40-22/h4-13H,3,14H2,1-2H3,(H2,31,35). The van der Waals surface area contributed by atoms with Crippen LogP contribution in [0.4, 0.5) is 0 Å². The van der Waals surface area contributed by atoms with Crippen molar-refractivity contribution in [2.75, 3.05) is 20.3 Å². The first-order valence-corrected chi connectivity index (χ1v) is 13.2. The minimum atomic E-state index is -0.667. The van der Waals surface area contributed by atoms with Crippen molar-refractivity contribution in [2.24, 2.45) is 10.8 Å². The molecule has 12 heteroatoms. The van der Waals surface area contributed by atoms with Crippen molar-refractivity contribution >= 4 is 61.5 Å².